The fraction of sp³-hybridized carbons (Fsp3) is 0.500. The monoisotopic (exact) mass is 444 g/mol. The third-order valence-electron chi connectivity index (χ3n) is 3.29. The Morgan fingerprint density at radius 3 is 2.36 bits per heavy atom. The van der Waals surface area contributed by atoms with Gasteiger partial charge in [-0.15, -0.1) is 0 Å². The van der Waals surface area contributed by atoms with Gasteiger partial charge in [-0.2, -0.15) is 17.9 Å². The molecule has 1 aromatic carbocycles. The Morgan fingerprint density at radius 2 is 1.82 bits per heavy atom. The Kier molecular flexibility index (Phi) is 8.27. The van der Waals surface area contributed by atoms with Crippen molar-refractivity contribution in [2.24, 2.45) is 5.92 Å². The molecule has 0 aliphatic carbocycles. The summed E-state index contributed by atoms with van der Waals surface area (Å²) in [6, 6.07) is 0.591. The lowest BCUT2D eigenvalue weighted by Gasteiger charge is -2.15. The molecule has 1 aromatic rings. The first-order valence-electron chi connectivity index (χ1n) is 8.06. The van der Waals surface area contributed by atoms with Crippen LogP contribution in [0.3, 0.4) is 0 Å². The molecule has 7 nitrogen and oxygen atoms in total. The molecule has 158 valence electrons. The number of sulfonamides is 1. The van der Waals surface area contributed by atoms with E-state index in [0.717, 1.165) is 19.1 Å². The van der Waals surface area contributed by atoms with E-state index in [0.29, 0.717) is 12.6 Å². The molecular weight excluding hydrogens is 425 g/mol. The topological polar surface area (TPSA) is 102 Å². The van der Waals surface area contributed by atoms with E-state index in [1.54, 1.807) is 0 Å². The third-order valence-corrected chi connectivity index (χ3v) is 5.16. The van der Waals surface area contributed by atoms with Crippen molar-refractivity contribution >= 4 is 33.5 Å². The molecule has 0 heterocycles. The van der Waals surface area contributed by atoms with Crippen molar-refractivity contribution in [1.82, 2.24) is 10.0 Å². The molecule has 0 bridgehead atoms. The summed E-state index contributed by atoms with van der Waals surface area (Å²) in [5, 5.41) is 1.84. The van der Waals surface area contributed by atoms with E-state index in [4.69, 9.17) is 16.3 Å². The Bertz CT molecular complexity index is 828. The molecular formula is C16H20ClF3N2O5S. The molecule has 0 aromatic heterocycles. The van der Waals surface area contributed by atoms with Gasteiger partial charge in [-0.25, -0.2) is 8.42 Å². The molecule has 1 amide bonds. The van der Waals surface area contributed by atoms with Crippen LogP contribution in [0, 0.1) is 5.92 Å². The summed E-state index contributed by atoms with van der Waals surface area (Å²) in [6.07, 6.45) is -4.85. The van der Waals surface area contributed by atoms with Crippen LogP contribution in [0.2, 0.25) is 5.02 Å². The number of ether oxygens (including phenoxy) is 1. The number of halogens is 4. The van der Waals surface area contributed by atoms with E-state index in [1.165, 1.54) is 0 Å². The number of amides is 1. The largest absolute Gasteiger partial charge is 0.454 e. The number of carbonyl (C=O) groups excluding carboxylic acids is 2. The zero-order valence-electron chi connectivity index (χ0n) is 15.3. The smallest absolute Gasteiger partial charge is 0.417 e. The Hall–Kier alpha value is -1.85. The van der Waals surface area contributed by atoms with Gasteiger partial charge < -0.3 is 10.1 Å². The maximum atomic E-state index is 12.9. The number of benzene rings is 1. The maximum absolute atomic E-state index is 12.9. The molecule has 0 saturated carbocycles. The molecule has 0 unspecified atom stereocenters. The zero-order chi connectivity index (χ0) is 21.7. The van der Waals surface area contributed by atoms with Crippen LogP contribution in [-0.2, 0) is 30.5 Å². The highest BCUT2D eigenvalue weighted by Gasteiger charge is 2.35. The van der Waals surface area contributed by atoms with Crippen LogP contribution in [0.1, 0.15) is 26.3 Å². The number of alkyl halides is 3. The van der Waals surface area contributed by atoms with Crippen LogP contribution >= 0.6 is 11.6 Å². The molecule has 0 radical (unpaired) electrons. The van der Waals surface area contributed by atoms with Crippen molar-refractivity contribution in [3.8, 4) is 0 Å². The molecule has 0 aliphatic rings. The summed E-state index contributed by atoms with van der Waals surface area (Å²) < 4.78 is 69.7. The number of rotatable bonds is 8. The number of esters is 1. The Labute approximate surface area is 165 Å². The van der Waals surface area contributed by atoms with E-state index in [9.17, 15) is 31.2 Å². The van der Waals surface area contributed by atoms with Crippen molar-refractivity contribution in [3.63, 3.8) is 0 Å². The van der Waals surface area contributed by atoms with Gasteiger partial charge in [0.2, 0.25) is 10.0 Å². The number of hydrogen-bond donors (Lipinski definition) is 2. The number of nitrogens with one attached hydrogen (secondary N) is 2. The van der Waals surface area contributed by atoms with Gasteiger partial charge in [0.25, 0.3) is 5.91 Å². The minimum atomic E-state index is -4.85. The second-order valence-electron chi connectivity index (χ2n) is 6.29. The van der Waals surface area contributed by atoms with Gasteiger partial charge >= 0.3 is 12.1 Å². The SMILES string of the molecule is CC(C)CNC(=O)COC(=O)[C@H](C)NS(=O)(=O)c1ccc(Cl)c(C(F)(F)F)c1. The summed E-state index contributed by atoms with van der Waals surface area (Å²) in [5.74, 6) is -1.44. The van der Waals surface area contributed by atoms with Crippen LogP contribution in [-0.4, -0.2) is 39.5 Å². The molecule has 2 N–H and O–H groups in total. The maximum Gasteiger partial charge on any atom is 0.417 e. The molecule has 1 atom stereocenters. The Morgan fingerprint density at radius 1 is 1.21 bits per heavy atom. The summed E-state index contributed by atoms with van der Waals surface area (Å²) in [5.41, 5.74) is -1.32. The lowest BCUT2D eigenvalue weighted by molar-refractivity contribution is -0.149. The normalized spacial score (nSPS) is 13.3. The van der Waals surface area contributed by atoms with Crippen LogP contribution in [0.5, 0.6) is 0 Å². The first-order chi connectivity index (χ1) is 12.7. The second kappa shape index (κ2) is 9.57. The van der Waals surface area contributed by atoms with Crippen molar-refractivity contribution in [1.29, 1.82) is 0 Å². The highest BCUT2D eigenvalue weighted by molar-refractivity contribution is 7.89. The van der Waals surface area contributed by atoms with E-state index >= 15 is 0 Å². The first kappa shape index (κ1) is 24.2. The second-order valence-corrected chi connectivity index (χ2v) is 8.41. The number of hydrogen-bond acceptors (Lipinski definition) is 5. The quantitative estimate of drug-likeness (QED) is 0.599. The molecule has 0 fully saturated rings. The minimum absolute atomic E-state index is 0.186. The van der Waals surface area contributed by atoms with Gasteiger partial charge in [0, 0.05) is 6.54 Å². The standard InChI is InChI=1S/C16H20ClF3N2O5S/c1-9(2)7-21-14(23)8-27-15(24)10(3)22-28(25,26)11-4-5-13(17)12(6-11)16(18,19)20/h4-6,9-10,22H,7-8H2,1-3H3,(H,21,23)/t10-/m0/s1. The number of carbonyl (C=O) groups is 2. The van der Waals surface area contributed by atoms with Gasteiger partial charge in [-0.3, -0.25) is 9.59 Å². The van der Waals surface area contributed by atoms with E-state index < -0.39 is 56.2 Å². The molecule has 0 aliphatic heterocycles. The lowest BCUT2D eigenvalue weighted by Crippen LogP contribution is -2.41. The average Bonchev–Trinajstić information content (AvgIpc) is 2.56. The summed E-state index contributed by atoms with van der Waals surface area (Å²) in [7, 11) is -4.47. The summed E-state index contributed by atoms with van der Waals surface area (Å²) in [6.45, 7) is 4.62. The summed E-state index contributed by atoms with van der Waals surface area (Å²) >= 11 is 5.46. The zero-order valence-corrected chi connectivity index (χ0v) is 16.8. The van der Waals surface area contributed by atoms with Gasteiger partial charge in [-0.1, -0.05) is 25.4 Å². The highest BCUT2D eigenvalue weighted by atomic mass is 35.5. The molecule has 1 rings (SSSR count). The van der Waals surface area contributed by atoms with Gasteiger partial charge in [0.1, 0.15) is 6.04 Å². The van der Waals surface area contributed by atoms with Crippen molar-refractivity contribution in [2.75, 3.05) is 13.2 Å². The van der Waals surface area contributed by atoms with Crippen LogP contribution in [0.15, 0.2) is 23.1 Å². The highest BCUT2D eigenvalue weighted by Crippen LogP contribution is 2.35. The van der Waals surface area contributed by atoms with Crippen LogP contribution in [0.4, 0.5) is 13.2 Å². The molecule has 12 heteroatoms. The van der Waals surface area contributed by atoms with Crippen LogP contribution in [0.25, 0.3) is 0 Å². The summed E-state index contributed by atoms with van der Waals surface area (Å²) in [4.78, 5) is 22.6. The molecule has 0 spiro atoms. The van der Waals surface area contributed by atoms with Crippen molar-refractivity contribution in [3.05, 3.63) is 28.8 Å². The lowest BCUT2D eigenvalue weighted by atomic mass is 10.2. The fourth-order valence-corrected chi connectivity index (χ4v) is 3.31. The average molecular weight is 445 g/mol. The van der Waals surface area contributed by atoms with Gasteiger partial charge in [0.15, 0.2) is 6.61 Å². The van der Waals surface area contributed by atoms with Crippen molar-refractivity contribution < 1.29 is 35.9 Å². The minimum Gasteiger partial charge on any atom is -0.454 e. The van der Waals surface area contributed by atoms with E-state index in [2.05, 4.69) is 5.32 Å². The predicted molar refractivity (Wildman–Crippen MR) is 95.0 cm³/mol. The predicted octanol–water partition coefficient (Wildman–Crippen LogP) is 2.34. The van der Waals surface area contributed by atoms with Gasteiger partial charge in [0.05, 0.1) is 15.5 Å². The Balaban J connectivity index is 2.78. The van der Waals surface area contributed by atoms with Crippen LogP contribution < -0.4 is 10.0 Å². The van der Waals surface area contributed by atoms with Gasteiger partial charge in [-0.05, 0) is 31.0 Å². The molecule has 28 heavy (non-hydrogen) atoms. The fourth-order valence-electron chi connectivity index (χ4n) is 1.87. The first-order valence-corrected chi connectivity index (χ1v) is 9.92. The van der Waals surface area contributed by atoms with E-state index in [-0.39, 0.29) is 5.92 Å². The molecule has 0 saturated heterocycles. The third kappa shape index (κ3) is 7.28. The van der Waals surface area contributed by atoms with E-state index in [1.807, 2.05) is 18.6 Å². The van der Waals surface area contributed by atoms with Crippen molar-refractivity contribution in [2.45, 2.75) is 37.9 Å².